The fourth-order valence-electron chi connectivity index (χ4n) is 6.29. The molecule has 5 N–H and O–H groups in total. The van der Waals surface area contributed by atoms with Crippen LogP contribution in [0.25, 0.3) is 22.4 Å². The van der Waals surface area contributed by atoms with E-state index in [1.165, 1.54) is 13.2 Å². The van der Waals surface area contributed by atoms with Crippen molar-refractivity contribution in [1.29, 1.82) is 0 Å². The zero-order valence-electron chi connectivity index (χ0n) is 27.9. The standard InChI is InChI=1S/C37H39ClFN7O4/c1-21-26(4-3-5-30(21)46-37(49)31-9-6-22(17-43-31)16-40-18-24-7-10-33(47)44-24)27-12-13-42-36(35(27)38)23-14-29(39)28(32(15-23)50-2)20-41-19-25-8-11-34(48)45-25/h3-6,9,12-15,17,24-25,40-41H,7-8,10-11,16,18-20H2,1-2H3,(H,44,47)(H,45,48)(H,46,49)/t24-,25+/m0/s1. The number of carbonyl (C=O) groups excluding carboxylic acids is 3. The molecule has 6 rings (SSSR count). The first-order valence-electron chi connectivity index (χ1n) is 16.6. The highest BCUT2D eigenvalue weighted by atomic mass is 35.5. The largest absolute Gasteiger partial charge is 0.496 e. The molecule has 0 spiro atoms. The van der Waals surface area contributed by atoms with Crippen molar-refractivity contribution < 1.29 is 23.5 Å². The van der Waals surface area contributed by atoms with E-state index in [-0.39, 0.29) is 42.0 Å². The van der Waals surface area contributed by atoms with Gasteiger partial charge in [-0.3, -0.25) is 24.4 Å². The Morgan fingerprint density at radius 1 is 0.960 bits per heavy atom. The number of pyridine rings is 2. The molecule has 2 atom stereocenters. The predicted octanol–water partition coefficient (Wildman–Crippen LogP) is 4.91. The lowest BCUT2D eigenvalue weighted by molar-refractivity contribution is -0.120. The zero-order chi connectivity index (χ0) is 35.2. The van der Waals surface area contributed by atoms with Crippen LogP contribution in [0.3, 0.4) is 0 Å². The van der Waals surface area contributed by atoms with Gasteiger partial charge >= 0.3 is 0 Å². The Labute approximate surface area is 294 Å². The molecular weight excluding hydrogens is 661 g/mol. The van der Waals surface area contributed by atoms with Crippen molar-refractivity contribution >= 4 is 35.0 Å². The molecule has 50 heavy (non-hydrogen) atoms. The number of nitrogens with one attached hydrogen (secondary N) is 5. The van der Waals surface area contributed by atoms with E-state index in [0.29, 0.717) is 71.3 Å². The highest BCUT2D eigenvalue weighted by molar-refractivity contribution is 6.35. The summed E-state index contributed by atoms with van der Waals surface area (Å²) in [5.74, 6) is -0.362. The van der Waals surface area contributed by atoms with Gasteiger partial charge in [-0.2, -0.15) is 0 Å². The quantitative estimate of drug-likeness (QED) is 0.132. The van der Waals surface area contributed by atoms with Gasteiger partial charge in [0.15, 0.2) is 0 Å². The Bertz CT molecular complexity index is 1910. The van der Waals surface area contributed by atoms with Gasteiger partial charge in [-0.25, -0.2) is 4.39 Å². The van der Waals surface area contributed by atoms with Crippen LogP contribution in [-0.4, -0.2) is 60.0 Å². The van der Waals surface area contributed by atoms with Crippen LogP contribution in [0.4, 0.5) is 10.1 Å². The van der Waals surface area contributed by atoms with Crippen LogP contribution in [0.15, 0.2) is 60.9 Å². The Hall–Kier alpha value is -4.91. The molecule has 4 aromatic rings. The summed E-state index contributed by atoms with van der Waals surface area (Å²) in [4.78, 5) is 44.9. The minimum Gasteiger partial charge on any atom is -0.496 e. The van der Waals surface area contributed by atoms with Crippen LogP contribution in [0.2, 0.25) is 5.02 Å². The van der Waals surface area contributed by atoms with E-state index in [2.05, 4.69) is 36.6 Å². The number of carbonyl (C=O) groups is 3. The lowest BCUT2D eigenvalue weighted by atomic mass is 9.97. The zero-order valence-corrected chi connectivity index (χ0v) is 28.6. The number of halogens is 2. The number of hydrogen-bond donors (Lipinski definition) is 5. The lowest BCUT2D eigenvalue weighted by Crippen LogP contribution is -2.35. The van der Waals surface area contributed by atoms with E-state index in [4.69, 9.17) is 16.3 Å². The number of anilines is 1. The Morgan fingerprint density at radius 3 is 2.32 bits per heavy atom. The second-order valence-corrected chi connectivity index (χ2v) is 12.9. The van der Waals surface area contributed by atoms with Crippen LogP contribution in [0.1, 0.15) is 52.9 Å². The van der Waals surface area contributed by atoms with Gasteiger partial charge in [0.05, 0.1) is 17.8 Å². The van der Waals surface area contributed by atoms with Crippen molar-refractivity contribution in [1.82, 2.24) is 31.2 Å². The van der Waals surface area contributed by atoms with Crippen LogP contribution in [0.5, 0.6) is 5.75 Å². The van der Waals surface area contributed by atoms with E-state index in [0.717, 1.165) is 29.5 Å². The van der Waals surface area contributed by atoms with Crippen LogP contribution >= 0.6 is 11.6 Å². The molecule has 13 heteroatoms. The molecule has 2 saturated heterocycles. The average molecular weight is 700 g/mol. The second kappa shape index (κ2) is 15.8. The van der Waals surface area contributed by atoms with Crippen molar-refractivity contribution in [3.05, 3.63) is 94.1 Å². The molecule has 2 aliphatic rings. The predicted molar refractivity (Wildman–Crippen MR) is 189 cm³/mol. The number of hydrogen-bond acceptors (Lipinski definition) is 8. The van der Waals surface area contributed by atoms with Gasteiger partial charge < -0.3 is 31.3 Å². The summed E-state index contributed by atoms with van der Waals surface area (Å²) < 4.78 is 21.1. The van der Waals surface area contributed by atoms with Crippen molar-refractivity contribution in [2.45, 2.75) is 57.8 Å². The fraction of sp³-hybridized carbons (Fsp3) is 0.324. The lowest BCUT2D eigenvalue weighted by Gasteiger charge is -2.17. The topological polar surface area (TPSA) is 146 Å². The molecule has 2 aromatic heterocycles. The molecule has 0 aliphatic carbocycles. The summed E-state index contributed by atoms with van der Waals surface area (Å²) >= 11 is 6.96. The summed E-state index contributed by atoms with van der Waals surface area (Å²) in [6.45, 7) is 3.87. The Morgan fingerprint density at radius 2 is 1.68 bits per heavy atom. The summed E-state index contributed by atoms with van der Waals surface area (Å²) in [5, 5.41) is 15.6. The third-order valence-corrected chi connectivity index (χ3v) is 9.43. The average Bonchev–Trinajstić information content (AvgIpc) is 3.73. The van der Waals surface area contributed by atoms with E-state index in [1.54, 1.807) is 36.7 Å². The minimum atomic E-state index is -0.469. The Balaban J connectivity index is 1.14. The summed E-state index contributed by atoms with van der Waals surface area (Å²) in [6.07, 6.45) is 5.90. The van der Waals surface area contributed by atoms with E-state index in [1.807, 2.05) is 25.1 Å². The summed E-state index contributed by atoms with van der Waals surface area (Å²) in [7, 11) is 1.48. The number of nitrogens with zero attached hydrogens (tertiary/aromatic N) is 2. The molecule has 4 heterocycles. The first kappa shape index (κ1) is 34.9. The molecule has 0 bridgehead atoms. The maximum Gasteiger partial charge on any atom is 0.274 e. The summed E-state index contributed by atoms with van der Waals surface area (Å²) in [6, 6.07) is 14.1. The van der Waals surface area contributed by atoms with Gasteiger partial charge in [0.1, 0.15) is 17.3 Å². The van der Waals surface area contributed by atoms with Crippen molar-refractivity contribution in [3.63, 3.8) is 0 Å². The highest BCUT2D eigenvalue weighted by Crippen LogP contribution is 2.39. The number of ether oxygens (including phenoxy) is 1. The summed E-state index contributed by atoms with van der Waals surface area (Å²) in [5.41, 5.74) is 5.21. The van der Waals surface area contributed by atoms with Gasteiger partial charge in [-0.1, -0.05) is 29.8 Å². The van der Waals surface area contributed by atoms with Crippen molar-refractivity contribution in [3.8, 4) is 28.1 Å². The molecule has 2 aliphatic heterocycles. The van der Waals surface area contributed by atoms with Crippen LogP contribution in [0, 0.1) is 12.7 Å². The third-order valence-electron chi connectivity index (χ3n) is 9.05. The first-order valence-corrected chi connectivity index (χ1v) is 17.0. The SMILES string of the molecule is COc1cc(-c2nccc(-c3cccc(NC(=O)c4ccc(CNC[C@@H]5CCC(=O)N5)cn4)c3C)c2Cl)cc(F)c1CNC[C@H]1CCC(=O)N1. The van der Waals surface area contributed by atoms with E-state index < -0.39 is 5.82 Å². The molecule has 0 saturated carbocycles. The highest BCUT2D eigenvalue weighted by Gasteiger charge is 2.23. The third kappa shape index (κ3) is 8.10. The number of methoxy groups -OCH3 is 1. The number of aromatic nitrogens is 2. The monoisotopic (exact) mass is 699 g/mol. The van der Waals surface area contributed by atoms with Gasteiger partial charge in [0, 0.05) is 85.9 Å². The van der Waals surface area contributed by atoms with E-state index >= 15 is 4.39 Å². The minimum absolute atomic E-state index is 0.0212. The molecule has 2 aromatic carbocycles. The molecule has 2 fully saturated rings. The maximum atomic E-state index is 15.5. The Kier molecular flexibility index (Phi) is 11.0. The fourth-order valence-corrected chi connectivity index (χ4v) is 6.61. The molecule has 0 unspecified atom stereocenters. The molecule has 11 nitrogen and oxygen atoms in total. The maximum absolute atomic E-state index is 15.5. The second-order valence-electron chi connectivity index (χ2n) is 12.5. The smallest absolute Gasteiger partial charge is 0.274 e. The van der Waals surface area contributed by atoms with Crippen molar-refractivity contribution in [2.24, 2.45) is 0 Å². The number of rotatable bonds is 13. The van der Waals surface area contributed by atoms with Crippen LogP contribution in [-0.2, 0) is 22.7 Å². The van der Waals surface area contributed by atoms with Gasteiger partial charge in [-0.05, 0) is 66.8 Å². The normalized spacial score (nSPS) is 17.0. The van der Waals surface area contributed by atoms with E-state index in [9.17, 15) is 14.4 Å². The number of benzene rings is 2. The molecule has 260 valence electrons. The number of amides is 3. The molecular formula is C37H39ClFN7O4. The van der Waals surface area contributed by atoms with Crippen LogP contribution < -0.4 is 31.3 Å². The molecule has 0 radical (unpaired) electrons. The van der Waals surface area contributed by atoms with Gasteiger partial charge in [0.2, 0.25) is 11.8 Å². The molecule has 3 amide bonds. The first-order chi connectivity index (χ1) is 24.2. The van der Waals surface area contributed by atoms with Gasteiger partial charge in [-0.15, -0.1) is 0 Å². The van der Waals surface area contributed by atoms with Crippen molar-refractivity contribution in [2.75, 3.05) is 25.5 Å². The van der Waals surface area contributed by atoms with Gasteiger partial charge in [0.25, 0.3) is 5.91 Å².